The molecule has 4 rings (SSSR count). The van der Waals surface area contributed by atoms with Crippen LogP contribution in [0.15, 0.2) is 18.2 Å². The minimum Gasteiger partial charge on any atom is -0.496 e. The molecular weight excluding hydrogens is 430 g/mol. The molecule has 2 heterocycles. The van der Waals surface area contributed by atoms with Crippen molar-refractivity contribution in [3.63, 3.8) is 0 Å². The van der Waals surface area contributed by atoms with Crippen molar-refractivity contribution in [1.29, 1.82) is 0 Å². The highest BCUT2D eigenvalue weighted by atomic mass is 16.5. The van der Waals surface area contributed by atoms with Crippen LogP contribution in [0, 0.1) is 12.8 Å². The van der Waals surface area contributed by atoms with Crippen LogP contribution in [0.2, 0.25) is 0 Å². The standard InChI is InChI=1S/C25H39N7O2/c1-4-32-13-5-6-20(32)16-27-24-29-23(26-15-18-7-10-21(33)11-8-18)30-25(31-24)28-19-9-12-22(34-3)17(2)14-19/h9,12,14,18,20-21,33H,4-8,10-11,13,15-16H2,1-3H3,(H3,26,27,28,29,30,31). The summed E-state index contributed by atoms with van der Waals surface area (Å²) in [7, 11) is 1.67. The molecule has 2 aromatic rings. The minimum absolute atomic E-state index is 0.147. The first kappa shape index (κ1) is 24.5. The number of benzene rings is 1. The first-order valence-electron chi connectivity index (χ1n) is 12.6. The van der Waals surface area contributed by atoms with Gasteiger partial charge in [-0.2, -0.15) is 15.0 Å². The zero-order chi connectivity index (χ0) is 23.9. The lowest BCUT2D eigenvalue weighted by atomic mass is 9.87. The summed E-state index contributed by atoms with van der Waals surface area (Å²) >= 11 is 0. The highest BCUT2D eigenvalue weighted by molar-refractivity contribution is 5.58. The van der Waals surface area contributed by atoms with Crippen molar-refractivity contribution in [1.82, 2.24) is 19.9 Å². The van der Waals surface area contributed by atoms with Crippen LogP contribution in [0.25, 0.3) is 0 Å². The van der Waals surface area contributed by atoms with Gasteiger partial charge >= 0.3 is 0 Å². The lowest BCUT2D eigenvalue weighted by Crippen LogP contribution is -2.35. The maximum Gasteiger partial charge on any atom is 0.233 e. The summed E-state index contributed by atoms with van der Waals surface area (Å²) in [6.45, 7) is 8.07. The molecule has 1 saturated heterocycles. The SMILES string of the molecule is CCN1CCCC1CNc1nc(NCC2CCC(O)CC2)nc(Nc2ccc(OC)c(C)c2)n1. The second kappa shape index (κ2) is 11.7. The van der Waals surface area contributed by atoms with Gasteiger partial charge in [-0.15, -0.1) is 0 Å². The van der Waals surface area contributed by atoms with Crippen molar-refractivity contribution in [2.75, 3.05) is 49.2 Å². The molecule has 4 N–H and O–H groups in total. The first-order valence-corrected chi connectivity index (χ1v) is 12.6. The van der Waals surface area contributed by atoms with E-state index in [0.717, 1.165) is 68.9 Å². The van der Waals surface area contributed by atoms with Gasteiger partial charge in [0.25, 0.3) is 0 Å². The molecule has 1 aliphatic heterocycles. The summed E-state index contributed by atoms with van der Waals surface area (Å²) in [6.07, 6.45) is 6.07. The van der Waals surface area contributed by atoms with Crippen LogP contribution < -0.4 is 20.7 Å². The van der Waals surface area contributed by atoms with Gasteiger partial charge in [-0.25, -0.2) is 0 Å². The summed E-state index contributed by atoms with van der Waals surface area (Å²) in [5.74, 6) is 3.01. The van der Waals surface area contributed by atoms with Crippen LogP contribution in [0.4, 0.5) is 23.5 Å². The average Bonchev–Trinajstić information content (AvgIpc) is 3.30. The number of methoxy groups -OCH3 is 1. The predicted octanol–water partition coefficient (Wildman–Crippen LogP) is 3.79. The molecule has 1 aliphatic carbocycles. The molecule has 0 spiro atoms. The van der Waals surface area contributed by atoms with Gasteiger partial charge in [0, 0.05) is 24.8 Å². The number of hydrogen-bond donors (Lipinski definition) is 4. The number of nitrogens with one attached hydrogen (secondary N) is 3. The van der Waals surface area contributed by atoms with E-state index in [9.17, 15) is 5.11 Å². The summed E-state index contributed by atoms with van der Waals surface area (Å²) in [5, 5.41) is 20.0. The molecule has 1 saturated carbocycles. The number of rotatable bonds is 10. The number of aryl methyl sites for hydroxylation is 1. The summed E-state index contributed by atoms with van der Waals surface area (Å²) < 4.78 is 5.37. The number of likely N-dealkylation sites (tertiary alicyclic amines) is 1. The van der Waals surface area contributed by atoms with Gasteiger partial charge in [0.2, 0.25) is 17.8 Å². The molecule has 1 aromatic carbocycles. The van der Waals surface area contributed by atoms with Crippen molar-refractivity contribution in [2.45, 2.75) is 64.5 Å². The largest absolute Gasteiger partial charge is 0.496 e. The Hall–Kier alpha value is -2.65. The second-order valence-electron chi connectivity index (χ2n) is 9.48. The molecule has 2 fully saturated rings. The van der Waals surface area contributed by atoms with E-state index in [1.165, 1.54) is 12.8 Å². The van der Waals surface area contributed by atoms with Gasteiger partial charge in [-0.05, 0) is 88.2 Å². The fourth-order valence-electron chi connectivity index (χ4n) is 5.01. The number of likely N-dealkylation sites (N-methyl/N-ethyl adjacent to an activating group) is 1. The molecule has 186 valence electrons. The Balaban J connectivity index is 1.47. The van der Waals surface area contributed by atoms with Crippen LogP contribution in [0.3, 0.4) is 0 Å². The van der Waals surface area contributed by atoms with Crippen LogP contribution in [0.5, 0.6) is 5.75 Å². The van der Waals surface area contributed by atoms with E-state index in [1.54, 1.807) is 7.11 Å². The highest BCUT2D eigenvalue weighted by Crippen LogP contribution is 2.26. The summed E-state index contributed by atoms with van der Waals surface area (Å²) in [5.41, 5.74) is 1.94. The molecule has 9 heteroatoms. The van der Waals surface area contributed by atoms with Gasteiger partial charge in [0.15, 0.2) is 0 Å². The van der Waals surface area contributed by atoms with E-state index in [0.29, 0.717) is 29.8 Å². The van der Waals surface area contributed by atoms with E-state index in [1.807, 2.05) is 25.1 Å². The lowest BCUT2D eigenvalue weighted by molar-refractivity contribution is 0.111. The Kier molecular flexibility index (Phi) is 8.39. The number of aromatic nitrogens is 3. The molecule has 1 aromatic heterocycles. The number of nitrogens with zero attached hydrogens (tertiary/aromatic N) is 4. The Bertz CT molecular complexity index is 933. The quantitative estimate of drug-likeness (QED) is 0.413. The molecule has 9 nitrogen and oxygen atoms in total. The number of anilines is 4. The molecule has 1 unspecified atom stereocenters. The number of hydrogen-bond acceptors (Lipinski definition) is 9. The number of aliphatic hydroxyl groups is 1. The fourth-order valence-corrected chi connectivity index (χ4v) is 5.01. The highest BCUT2D eigenvalue weighted by Gasteiger charge is 2.23. The second-order valence-corrected chi connectivity index (χ2v) is 9.48. The van der Waals surface area contributed by atoms with Crippen LogP contribution in [0.1, 0.15) is 51.0 Å². The molecule has 34 heavy (non-hydrogen) atoms. The molecule has 0 amide bonds. The molecular formula is C25H39N7O2. The third kappa shape index (κ3) is 6.48. The average molecular weight is 470 g/mol. The molecule has 0 bridgehead atoms. The van der Waals surface area contributed by atoms with Crippen molar-refractivity contribution in [3.05, 3.63) is 23.8 Å². The third-order valence-electron chi connectivity index (χ3n) is 7.05. The van der Waals surface area contributed by atoms with Gasteiger partial charge in [0.1, 0.15) is 5.75 Å². The Morgan fingerprint density at radius 1 is 1.00 bits per heavy atom. The first-order chi connectivity index (χ1) is 16.5. The van der Waals surface area contributed by atoms with E-state index < -0.39 is 0 Å². The van der Waals surface area contributed by atoms with Crippen molar-refractivity contribution in [2.24, 2.45) is 5.92 Å². The van der Waals surface area contributed by atoms with E-state index >= 15 is 0 Å². The van der Waals surface area contributed by atoms with Crippen molar-refractivity contribution < 1.29 is 9.84 Å². The Morgan fingerprint density at radius 3 is 2.38 bits per heavy atom. The predicted molar refractivity (Wildman–Crippen MR) is 136 cm³/mol. The van der Waals surface area contributed by atoms with Crippen molar-refractivity contribution in [3.8, 4) is 5.75 Å². The molecule has 1 atom stereocenters. The smallest absolute Gasteiger partial charge is 0.233 e. The maximum atomic E-state index is 9.78. The molecule has 2 aliphatic rings. The van der Waals surface area contributed by atoms with Crippen LogP contribution in [-0.4, -0.2) is 70.4 Å². The van der Waals surface area contributed by atoms with E-state index in [-0.39, 0.29) is 6.10 Å². The van der Waals surface area contributed by atoms with E-state index in [2.05, 4.69) is 42.7 Å². The maximum absolute atomic E-state index is 9.78. The van der Waals surface area contributed by atoms with Gasteiger partial charge in [-0.1, -0.05) is 6.92 Å². The summed E-state index contributed by atoms with van der Waals surface area (Å²) in [6, 6.07) is 6.43. The summed E-state index contributed by atoms with van der Waals surface area (Å²) in [4.78, 5) is 16.4. The Morgan fingerprint density at radius 2 is 1.71 bits per heavy atom. The fraction of sp³-hybridized carbons (Fsp3) is 0.640. The van der Waals surface area contributed by atoms with Crippen LogP contribution >= 0.6 is 0 Å². The zero-order valence-corrected chi connectivity index (χ0v) is 20.7. The van der Waals surface area contributed by atoms with Crippen LogP contribution in [-0.2, 0) is 0 Å². The third-order valence-corrected chi connectivity index (χ3v) is 7.05. The Labute approximate surface area is 202 Å². The number of ether oxygens (including phenoxy) is 1. The monoisotopic (exact) mass is 469 g/mol. The lowest BCUT2D eigenvalue weighted by Gasteiger charge is -2.25. The van der Waals surface area contributed by atoms with Crippen molar-refractivity contribution >= 4 is 23.5 Å². The van der Waals surface area contributed by atoms with E-state index in [4.69, 9.17) is 4.74 Å². The topological polar surface area (TPSA) is 107 Å². The zero-order valence-electron chi connectivity index (χ0n) is 20.7. The minimum atomic E-state index is -0.147. The van der Waals surface area contributed by atoms with Gasteiger partial charge < -0.3 is 25.8 Å². The molecule has 0 radical (unpaired) electrons. The van der Waals surface area contributed by atoms with Gasteiger partial charge in [0.05, 0.1) is 13.2 Å². The number of aliphatic hydroxyl groups excluding tert-OH is 1. The van der Waals surface area contributed by atoms with Gasteiger partial charge in [-0.3, -0.25) is 4.90 Å². The normalized spacial score (nSPS) is 23.0.